The van der Waals surface area contributed by atoms with E-state index in [1.54, 1.807) is 12.1 Å². The average molecular weight is 653 g/mol. The van der Waals surface area contributed by atoms with Crippen molar-refractivity contribution in [2.24, 2.45) is 0 Å². The Kier molecular flexibility index (Phi) is 6.65. The number of aromatic nitrogens is 2. The maximum Gasteiger partial charge on any atom is 0.115 e. The van der Waals surface area contributed by atoms with Crippen molar-refractivity contribution in [1.82, 2.24) is 9.13 Å². The van der Waals surface area contributed by atoms with Crippen LogP contribution in [0.2, 0.25) is 0 Å². The first-order chi connectivity index (χ1) is 25.2. The zero-order chi connectivity index (χ0) is 33.9. The predicted octanol–water partition coefficient (Wildman–Crippen LogP) is 12.6. The molecule has 0 amide bonds. The van der Waals surface area contributed by atoms with Crippen LogP contribution < -0.4 is 0 Å². The minimum Gasteiger partial charge on any atom is -0.508 e. The van der Waals surface area contributed by atoms with Gasteiger partial charge in [0.15, 0.2) is 0 Å². The summed E-state index contributed by atoms with van der Waals surface area (Å²) in [4.78, 5) is 0. The zero-order valence-electron chi connectivity index (χ0n) is 27.7. The summed E-state index contributed by atoms with van der Waals surface area (Å²) < 4.78 is 4.75. The molecule has 10 aromatic rings. The van der Waals surface area contributed by atoms with Crippen LogP contribution in [-0.2, 0) is 0 Å². The summed E-state index contributed by atoms with van der Waals surface area (Å²) >= 11 is 0. The lowest BCUT2D eigenvalue weighted by molar-refractivity contribution is 0.475. The molecule has 0 saturated heterocycles. The van der Waals surface area contributed by atoms with Crippen LogP contribution in [0.3, 0.4) is 0 Å². The SMILES string of the molecule is Oc1ccc(-c2ccc(-n3c4ccccc4c4cc(-c5ccc6c(c5)c5ccccc5n6-c5cccc(-c6ccccc6)c5)ccc43)cc2)cc1. The van der Waals surface area contributed by atoms with Gasteiger partial charge in [0.05, 0.1) is 22.1 Å². The lowest BCUT2D eigenvalue weighted by Gasteiger charge is -2.11. The van der Waals surface area contributed by atoms with E-state index in [0.717, 1.165) is 22.5 Å². The second-order valence-corrected chi connectivity index (χ2v) is 13.2. The molecule has 0 aliphatic rings. The zero-order valence-corrected chi connectivity index (χ0v) is 27.7. The topological polar surface area (TPSA) is 30.1 Å². The first-order valence-electron chi connectivity index (χ1n) is 17.3. The van der Waals surface area contributed by atoms with Crippen LogP contribution in [0, 0.1) is 0 Å². The van der Waals surface area contributed by atoms with E-state index in [0.29, 0.717) is 0 Å². The molecule has 0 unspecified atom stereocenters. The van der Waals surface area contributed by atoms with Crippen LogP contribution in [0.5, 0.6) is 5.75 Å². The van der Waals surface area contributed by atoms with E-state index in [9.17, 15) is 5.11 Å². The summed E-state index contributed by atoms with van der Waals surface area (Å²) in [7, 11) is 0. The molecule has 2 heterocycles. The molecule has 10 rings (SSSR count). The minimum absolute atomic E-state index is 0.275. The van der Waals surface area contributed by atoms with E-state index in [1.165, 1.54) is 65.9 Å². The number of benzene rings is 8. The Labute approximate surface area is 295 Å². The highest BCUT2D eigenvalue weighted by molar-refractivity contribution is 6.12. The summed E-state index contributed by atoms with van der Waals surface area (Å²) in [6.07, 6.45) is 0. The Balaban J connectivity index is 1.09. The molecular formula is C48H32N2O. The first-order valence-corrected chi connectivity index (χ1v) is 17.3. The third-order valence-electron chi connectivity index (χ3n) is 10.2. The molecule has 3 nitrogen and oxygen atoms in total. The van der Waals surface area contributed by atoms with Crippen LogP contribution >= 0.6 is 0 Å². The monoisotopic (exact) mass is 652 g/mol. The van der Waals surface area contributed by atoms with E-state index in [-0.39, 0.29) is 5.75 Å². The van der Waals surface area contributed by atoms with Crippen molar-refractivity contribution in [2.75, 3.05) is 0 Å². The number of hydrogen-bond donors (Lipinski definition) is 1. The number of phenols is 1. The lowest BCUT2D eigenvalue weighted by atomic mass is 10.0. The maximum atomic E-state index is 9.74. The number of phenolic OH excluding ortho intramolecular Hbond substituents is 1. The standard InChI is InChI=1S/C48H32N2O/c51-40-25-19-34(20-26-40)33-17-23-38(24-18-33)49-45-15-6-4-13-41(45)43-30-36(21-27-47(43)49)37-22-28-48-44(31-37)42-14-5-7-16-46(42)50(48)39-12-8-11-35(29-39)32-9-2-1-3-10-32/h1-31,51H. The van der Waals surface area contributed by atoms with Crippen LogP contribution in [0.15, 0.2) is 188 Å². The van der Waals surface area contributed by atoms with Gasteiger partial charge in [-0.2, -0.15) is 0 Å². The molecule has 51 heavy (non-hydrogen) atoms. The van der Waals surface area contributed by atoms with Crippen molar-refractivity contribution in [3.63, 3.8) is 0 Å². The molecule has 0 saturated carbocycles. The van der Waals surface area contributed by atoms with Gasteiger partial charge in [-0.1, -0.05) is 115 Å². The van der Waals surface area contributed by atoms with Gasteiger partial charge in [0.1, 0.15) is 5.75 Å². The quantitative estimate of drug-likeness (QED) is 0.197. The van der Waals surface area contributed by atoms with Gasteiger partial charge in [-0.15, -0.1) is 0 Å². The van der Waals surface area contributed by atoms with Gasteiger partial charge in [-0.05, 0) is 106 Å². The Morgan fingerprint density at radius 1 is 0.275 bits per heavy atom. The predicted molar refractivity (Wildman–Crippen MR) is 213 cm³/mol. The summed E-state index contributed by atoms with van der Waals surface area (Å²) in [6, 6.07) is 66.6. The van der Waals surface area contributed by atoms with Crippen LogP contribution in [0.1, 0.15) is 0 Å². The number of aromatic hydroxyl groups is 1. The summed E-state index contributed by atoms with van der Waals surface area (Å²) in [5.41, 5.74) is 14.0. The Hall–Kier alpha value is -6.84. The van der Waals surface area contributed by atoms with Crippen molar-refractivity contribution >= 4 is 43.6 Å². The average Bonchev–Trinajstić information content (AvgIpc) is 3.71. The third kappa shape index (κ3) is 4.82. The number of hydrogen-bond acceptors (Lipinski definition) is 1. The summed E-state index contributed by atoms with van der Waals surface area (Å²) in [5.74, 6) is 0.275. The van der Waals surface area contributed by atoms with Gasteiger partial charge in [-0.3, -0.25) is 0 Å². The largest absolute Gasteiger partial charge is 0.508 e. The minimum atomic E-state index is 0.275. The van der Waals surface area contributed by atoms with Crippen LogP contribution in [0.25, 0.3) is 88.4 Å². The molecule has 1 N–H and O–H groups in total. The molecule has 2 aromatic heterocycles. The highest BCUT2D eigenvalue weighted by atomic mass is 16.3. The van der Waals surface area contributed by atoms with E-state index in [4.69, 9.17) is 0 Å². The number of fused-ring (bicyclic) bond motifs is 6. The second kappa shape index (κ2) is 11.6. The Morgan fingerprint density at radius 2 is 0.706 bits per heavy atom. The van der Waals surface area contributed by atoms with Gasteiger partial charge in [-0.25, -0.2) is 0 Å². The Morgan fingerprint density at radius 3 is 1.31 bits per heavy atom. The van der Waals surface area contributed by atoms with Crippen molar-refractivity contribution < 1.29 is 5.11 Å². The van der Waals surface area contributed by atoms with E-state index in [1.807, 2.05) is 12.1 Å². The van der Waals surface area contributed by atoms with Crippen molar-refractivity contribution in [1.29, 1.82) is 0 Å². The van der Waals surface area contributed by atoms with Crippen molar-refractivity contribution in [2.45, 2.75) is 0 Å². The molecule has 8 aromatic carbocycles. The molecule has 0 aliphatic heterocycles. The van der Waals surface area contributed by atoms with Crippen LogP contribution in [0.4, 0.5) is 0 Å². The fourth-order valence-corrected chi connectivity index (χ4v) is 7.77. The van der Waals surface area contributed by atoms with Crippen LogP contribution in [-0.4, -0.2) is 14.2 Å². The molecule has 0 atom stereocenters. The van der Waals surface area contributed by atoms with Gasteiger partial charge in [0, 0.05) is 32.9 Å². The lowest BCUT2D eigenvalue weighted by Crippen LogP contribution is -1.94. The normalized spacial score (nSPS) is 11.6. The molecular weight excluding hydrogens is 621 g/mol. The summed E-state index contributed by atoms with van der Waals surface area (Å²) in [6.45, 7) is 0. The van der Waals surface area contributed by atoms with Crippen molar-refractivity contribution in [3.05, 3.63) is 188 Å². The highest BCUT2D eigenvalue weighted by Gasteiger charge is 2.16. The maximum absolute atomic E-state index is 9.74. The van der Waals surface area contributed by atoms with E-state index >= 15 is 0 Å². The number of rotatable bonds is 5. The van der Waals surface area contributed by atoms with Gasteiger partial charge < -0.3 is 14.2 Å². The second-order valence-electron chi connectivity index (χ2n) is 13.2. The third-order valence-corrected chi connectivity index (χ3v) is 10.2. The van der Waals surface area contributed by atoms with Gasteiger partial charge >= 0.3 is 0 Å². The number of para-hydroxylation sites is 2. The molecule has 0 radical (unpaired) electrons. The summed E-state index contributed by atoms with van der Waals surface area (Å²) in [5, 5.41) is 14.7. The molecule has 240 valence electrons. The molecule has 0 aliphatic carbocycles. The smallest absolute Gasteiger partial charge is 0.115 e. The molecule has 3 heteroatoms. The highest BCUT2D eigenvalue weighted by Crippen LogP contribution is 2.39. The number of nitrogens with zero attached hydrogens (tertiary/aromatic N) is 2. The fourth-order valence-electron chi connectivity index (χ4n) is 7.77. The van der Waals surface area contributed by atoms with Crippen molar-refractivity contribution in [3.8, 4) is 50.5 Å². The molecule has 0 spiro atoms. The first kappa shape index (κ1) is 29.1. The molecule has 0 fully saturated rings. The fraction of sp³-hybridized carbons (Fsp3) is 0. The van der Waals surface area contributed by atoms with Gasteiger partial charge in [0.25, 0.3) is 0 Å². The van der Waals surface area contributed by atoms with E-state index < -0.39 is 0 Å². The molecule has 0 bridgehead atoms. The Bertz CT molecular complexity index is 2900. The van der Waals surface area contributed by atoms with E-state index in [2.05, 4.69) is 173 Å². The van der Waals surface area contributed by atoms with Gasteiger partial charge in [0.2, 0.25) is 0 Å².